The number of nitrogens with one attached hydrogen (secondary N) is 1. The van der Waals surface area contributed by atoms with Crippen molar-refractivity contribution in [1.29, 1.82) is 0 Å². The van der Waals surface area contributed by atoms with E-state index in [4.69, 9.17) is 0 Å². The molecular formula is C21H25NO3. The number of hydrogen-bond acceptors (Lipinski definition) is 3. The minimum absolute atomic E-state index is 0.131. The molecule has 0 aromatic heterocycles. The van der Waals surface area contributed by atoms with Crippen LogP contribution in [0.15, 0.2) is 54.6 Å². The Kier molecular flexibility index (Phi) is 5.39. The maximum absolute atomic E-state index is 12.1. The Bertz CT molecular complexity index is 689. The summed E-state index contributed by atoms with van der Waals surface area (Å²) in [6.07, 6.45) is 4.42. The summed E-state index contributed by atoms with van der Waals surface area (Å²) in [7, 11) is 0. The lowest BCUT2D eigenvalue weighted by molar-refractivity contribution is -0.00742. The number of aromatic hydroxyl groups is 1. The van der Waals surface area contributed by atoms with E-state index in [-0.39, 0.29) is 18.2 Å². The van der Waals surface area contributed by atoms with Crippen LogP contribution in [0.2, 0.25) is 0 Å². The Morgan fingerprint density at radius 1 is 1.04 bits per heavy atom. The highest BCUT2D eigenvalue weighted by molar-refractivity contribution is 5.94. The first-order valence-electron chi connectivity index (χ1n) is 8.88. The van der Waals surface area contributed by atoms with Crippen LogP contribution in [0.25, 0.3) is 0 Å². The molecule has 0 saturated heterocycles. The fraction of sp³-hybridized carbons (Fsp3) is 0.381. The smallest absolute Gasteiger partial charge is 0.251 e. The standard InChI is InChI=1S/C21H25NO3/c23-19-8-6-18(7-9-19)20(24)22-15-21(25)12-10-17(11-13-21)14-16-4-2-1-3-5-16/h1-9,17,23,25H,10-15H2,(H,22,24). The molecule has 0 radical (unpaired) electrons. The lowest BCUT2D eigenvalue weighted by Crippen LogP contribution is -2.45. The molecule has 4 nitrogen and oxygen atoms in total. The van der Waals surface area contributed by atoms with Crippen LogP contribution >= 0.6 is 0 Å². The summed E-state index contributed by atoms with van der Waals surface area (Å²) in [6.45, 7) is 0.269. The third-order valence-corrected chi connectivity index (χ3v) is 5.11. The van der Waals surface area contributed by atoms with Crippen LogP contribution < -0.4 is 5.32 Å². The number of aliphatic hydroxyl groups is 1. The van der Waals surface area contributed by atoms with Gasteiger partial charge in [-0.25, -0.2) is 0 Å². The van der Waals surface area contributed by atoms with E-state index in [1.54, 1.807) is 12.1 Å². The zero-order chi connectivity index (χ0) is 17.7. The first-order valence-corrected chi connectivity index (χ1v) is 8.88. The van der Waals surface area contributed by atoms with Crippen LogP contribution in [0.5, 0.6) is 5.75 Å². The van der Waals surface area contributed by atoms with Crippen molar-refractivity contribution >= 4 is 5.91 Å². The molecule has 0 heterocycles. The van der Waals surface area contributed by atoms with Gasteiger partial charge in [0.1, 0.15) is 5.75 Å². The first kappa shape index (κ1) is 17.5. The van der Waals surface area contributed by atoms with E-state index in [0.717, 1.165) is 19.3 Å². The third kappa shape index (κ3) is 4.83. The zero-order valence-corrected chi connectivity index (χ0v) is 14.3. The van der Waals surface area contributed by atoms with Gasteiger partial charge in [-0.3, -0.25) is 4.79 Å². The molecule has 2 aromatic rings. The third-order valence-electron chi connectivity index (χ3n) is 5.11. The molecule has 4 heteroatoms. The van der Waals surface area contributed by atoms with Gasteiger partial charge in [0, 0.05) is 12.1 Å². The molecule has 1 fully saturated rings. The predicted octanol–water partition coefficient (Wildman–Crippen LogP) is 3.29. The van der Waals surface area contributed by atoms with Crippen molar-refractivity contribution in [2.24, 2.45) is 5.92 Å². The summed E-state index contributed by atoms with van der Waals surface area (Å²) in [5.74, 6) is 0.502. The molecule has 0 spiro atoms. The highest BCUT2D eigenvalue weighted by atomic mass is 16.3. The number of carbonyl (C=O) groups excluding carboxylic acids is 1. The molecule has 3 N–H and O–H groups in total. The maximum atomic E-state index is 12.1. The van der Waals surface area contributed by atoms with Crippen molar-refractivity contribution in [3.63, 3.8) is 0 Å². The highest BCUT2D eigenvalue weighted by Crippen LogP contribution is 2.33. The molecule has 0 atom stereocenters. The number of carbonyl (C=O) groups is 1. The average Bonchev–Trinajstić information content (AvgIpc) is 2.63. The van der Waals surface area contributed by atoms with E-state index >= 15 is 0 Å². The second kappa shape index (κ2) is 7.70. The molecule has 0 bridgehead atoms. The van der Waals surface area contributed by atoms with Crippen LogP contribution in [0.4, 0.5) is 0 Å². The minimum atomic E-state index is -0.820. The Hall–Kier alpha value is -2.33. The Balaban J connectivity index is 1.47. The number of amides is 1. The number of phenolic OH excluding ortho intramolecular Hbond substituents is 1. The minimum Gasteiger partial charge on any atom is -0.508 e. The number of benzene rings is 2. The lowest BCUT2D eigenvalue weighted by atomic mass is 9.76. The Morgan fingerprint density at radius 2 is 1.68 bits per heavy atom. The topological polar surface area (TPSA) is 69.6 Å². The summed E-state index contributed by atoms with van der Waals surface area (Å²) in [5.41, 5.74) is 1.01. The van der Waals surface area contributed by atoms with Gasteiger partial charge in [-0.15, -0.1) is 0 Å². The number of rotatable bonds is 5. The summed E-state index contributed by atoms with van der Waals surface area (Å²) in [6, 6.07) is 16.6. The summed E-state index contributed by atoms with van der Waals surface area (Å²) >= 11 is 0. The molecule has 0 aliphatic heterocycles. The van der Waals surface area contributed by atoms with Crippen LogP contribution in [0.3, 0.4) is 0 Å². The van der Waals surface area contributed by atoms with Gasteiger partial charge >= 0.3 is 0 Å². The second-order valence-electron chi connectivity index (χ2n) is 7.09. The average molecular weight is 339 g/mol. The normalized spacial score (nSPS) is 23.2. The lowest BCUT2D eigenvalue weighted by Gasteiger charge is -2.36. The van der Waals surface area contributed by atoms with Crippen molar-refractivity contribution in [2.75, 3.05) is 6.54 Å². The molecular weight excluding hydrogens is 314 g/mol. The van der Waals surface area contributed by atoms with Gasteiger partial charge in [0.25, 0.3) is 5.91 Å². The fourth-order valence-electron chi connectivity index (χ4n) is 3.50. The number of hydrogen-bond donors (Lipinski definition) is 3. The second-order valence-corrected chi connectivity index (χ2v) is 7.09. The number of phenols is 1. The van der Waals surface area contributed by atoms with E-state index < -0.39 is 5.60 Å². The van der Waals surface area contributed by atoms with Gasteiger partial charge in [-0.1, -0.05) is 30.3 Å². The molecule has 1 aliphatic rings. The van der Waals surface area contributed by atoms with E-state index in [9.17, 15) is 15.0 Å². The van der Waals surface area contributed by atoms with Crippen molar-refractivity contribution in [2.45, 2.75) is 37.7 Å². The van der Waals surface area contributed by atoms with Crippen LogP contribution in [0, 0.1) is 5.92 Å². The molecule has 0 unspecified atom stereocenters. The van der Waals surface area contributed by atoms with Gasteiger partial charge in [0.15, 0.2) is 0 Å². The van der Waals surface area contributed by atoms with Crippen LogP contribution in [-0.4, -0.2) is 28.3 Å². The van der Waals surface area contributed by atoms with Crippen molar-refractivity contribution in [1.82, 2.24) is 5.32 Å². The van der Waals surface area contributed by atoms with E-state index in [0.29, 0.717) is 24.3 Å². The van der Waals surface area contributed by atoms with E-state index in [1.165, 1.54) is 17.7 Å². The van der Waals surface area contributed by atoms with Gasteiger partial charge < -0.3 is 15.5 Å². The van der Waals surface area contributed by atoms with Crippen LogP contribution in [-0.2, 0) is 6.42 Å². The van der Waals surface area contributed by atoms with Crippen molar-refractivity contribution in [3.8, 4) is 5.75 Å². The zero-order valence-electron chi connectivity index (χ0n) is 14.3. The first-order chi connectivity index (χ1) is 12.0. The quantitative estimate of drug-likeness (QED) is 0.783. The molecule has 1 aliphatic carbocycles. The van der Waals surface area contributed by atoms with Crippen molar-refractivity contribution < 1.29 is 15.0 Å². The summed E-state index contributed by atoms with van der Waals surface area (Å²) < 4.78 is 0. The molecule has 3 rings (SSSR count). The van der Waals surface area contributed by atoms with E-state index in [2.05, 4.69) is 29.6 Å². The van der Waals surface area contributed by atoms with Gasteiger partial charge in [0.2, 0.25) is 0 Å². The van der Waals surface area contributed by atoms with E-state index in [1.807, 2.05) is 6.07 Å². The molecule has 1 amide bonds. The van der Waals surface area contributed by atoms with Gasteiger partial charge in [0.05, 0.1) is 5.60 Å². The van der Waals surface area contributed by atoms with Gasteiger partial charge in [-0.05, 0) is 67.9 Å². The maximum Gasteiger partial charge on any atom is 0.251 e. The largest absolute Gasteiger partial charge is 0.508 e. The monoisotopic (exact) mass is 339 g/mol. The fourth-order valence-corrected chi connectivity index (χ4v) is 3.50. The van der Waals surface area contributed by atoms with Crippen molar-refractivity contribution in [3.05, 3.63) is 65.7 Å². The molecule has 2 aromatic carbocycles. The Morgan fingerprint density at radius 3 is 2.32 bits per heavy atom. The van der Waals surface area contributed by atoms with Crippen LogP contribution in [0.1, 0.15) is 41.6 Å². The van der Waals surface area contributed by atoms with Gasteiger partial charge in [-0.2, -0.15) is 0 Å². The summed E-state index contributed by atoms with van der Waals surface area (Å²) in [4.78, 5) is 12.1. The molecule has 1 saturated carbocycles. The molecule has 25 heavy (non-hydrogen) atoms. The predicted molar refractivity (Wildman–Crippen MR) is 97.5 cm³/mol. The SMILES string of the molecule is O=C(NCC1(O)CCC(Cc2ccccc2)CC1)c1ccc(O)cc1. The summed E-state index contributed by atoms with van der Waals surface area (Å²) in [5, 5.41) is 22.8. The molecule has 132 valence electrons. The highest BCUT2D eigenvalue weighted by Gasteiger charge is 2.33. The Labute approximate surface area is 148 Å².